The maximum absolute atomic E-state index is 12.6. The summed E-state index contributed by atoms with van der Waals surface area (Å²) in [5.74, 6) is 1.33. The van der Waals surface area contributed by atoms with E-state index in [4.69, 9.17) is 0 Å². The molecule has 0 saturated carbocycles. The molecule has 8 heteroatoms. The second kappa shape index (κ2) is 6.57. The van der Waals surface area contributed by atoms with Crippen LogP contribution in [0, 0.1) is 13.8 Å². The van der Waals surface area contributed by atoms with E-state index in [9.17, 15) is 8.78 Å². The van der Waals surface area contributed by atoms with E-state index >= 15 is 0 Å². The molecule has 0 amide bonds. The third kappa shape index (κ3) is 3.64. The fraction of sp³-hybridized carbons (Fsp3) is 0.533. The van der Waals surface area contributed by atoms with E-state index in [0.717, 1.165) is 17.9 Å². The van der Waals surface area contributed by atoms with Gasteiger partial charge < -0.3 is 10.2 Å². The number of nitrogens with zero attached hydrogens (tertiary/aromatic N) is 5. The number of rotatable bonds is 4. The molecule has 2 aromatic heterocycles. The van der Waals surface area contributed by atoms with Gasteiger partial charge in [-0.1, -0.05) is 0 Å². The zero-order valence-electron chi connectivity index (χ0n) is 13.2. The van der Waals surface area contributed by atoms with Crippen molar-refractivity contribution in [2.45, 2.75) is 32.7 Å². The molecular formula is C15H20F2N6. The molecule has 6 nitrogen and oxygen atoms in total. The van der Waals surface area contributed by atoms with Crippen molar-refractivity contribution in [1.82, 2.24) is 25.1 Å². The van der Waals surface area contributed by atoms with Crippen LogP contribution in [0.4, 0.5) is 14.6 Å². The predicted octanol–water partition coefficient (Wildman–Crippen LogP) is 1.71. The Balaban J connectivity index is 1.81. The number of nitrogens with one attached hydrogen (secondary N) is 1. The number of hydrogen-bond donors (Lipinski definition) is 1. The Morgan fingerprint density at radius 1 is 1.30 bits per heavy atom. The van der Waals surface area contributed by atoms with Crippen LogP contribution in [0.3, 0.4) is 0 Å². The Morgan fingerprint density at radius 3 is 2.78 bits per heavy atom. The maximum atomic E-state index is 12.6. The minimum Gasteiger partial charge on any atom is -0.352 e. The average Bonchev–Trinajstić information content (AvgIpc) is 2.86. The van der Waals surface area contributed by atoms with Crippen LogP contribution >= 0.6 is 0 Å². The molecule has 1 fully saturated rings. The monoisotopic (exact) mass is 322 g/mol. The molecule has 1 N–H and O–H groups in total. The first kappa shape index (κ1) is 15.8. The molecule has 0 spiro atoms. The Hall–Kier alpha value is -2.09. The van der Waals surface area contributed by atoms with Gasteiger partial charge in [-0.15, -0.1) is 0 Å². The molecule has 1 saturated heterocycles. The SMILES string of the molecule is Cc1cc(C)n(-c2cncc(N3CCNC(CC(F)F)C3)n2)n1. The summed E-state index contributed by atoms with van der Waals surface area (Å²) in [4.78, 5) is 10.8. The van der Waals surface area contributed by atoms with E-state index in [-0.39, 0.29) is 12.5 Å². The smallest absolute Gasteiger partial charge is 0.240 e. The van der Waals surface area contributed by atoms with Crippen LogP contribution in [0.25, 0.3) is 5.82 Å². The Labute approximate surface area is 133 Å². The van der Waals surface area contributed by atoms with Crippen molar-refractivity contribution in [3.05, 3.63) is 29.8 Å². The highest BCUT2D eigenvalue weighted by molar-refractivity contribution is 5.40. The van der Waals surface area contributed by atoms with Gasteiger partial charge in [0, 0.05) is 37.8 Å². The Bertz CT molecular complexity index is 672. The van der Waals surface area contributed by atoms with Crippen LogP contribution in [-0.4, -0.2) is 51.8 Å². The summed E-state index contributed by atoms with van der Waals surface area (Å²) in [7, 11) is 0. The lowest BCUT2D eigenvalue weighted by Crippen LogP contribution is -2.51. The number of aromatic nitrogens is 4. The highest BCUT2D eigenvalue weighted by Crippen LogP contribution is 2.17. The van der Waals surface area contributed by atoms with Crippen molar-refractivity contribution in [3.63, 3.8) is 0 Å². The zero-order chi connectivity index (χ0) is 16.4. The number of anilines is 1. The quantitative estimate of drug-likeness (QED) is 0.929. The normalized spacial score (nSPS) is 18.7. The van der Waals surface area contributed by atoms with Gasteiger partial charge in [-0.05, 0) is 19.9 Å². The van der Waals surface area contributed by atoms with Gasteiger partial charge in [-0.2, -0.15) is 5.10 Å². The second-order valence-electron chi connectivity index (χ2n) is 5.80. The van der Waals surface area contributed by atoms with Crippen molar-refractivity contribution in [1.29, 1.82) is 0 Å². The molecule has 0 aromatic carbocycles. The van der Waals surface area contributed by atoms with Gasteiger partial charge in [0.25, 0.3) is 0 Å². The molecule has 23 heavy (non-hydrogen) atoms. The zero-order valence-corrected chi connectivity index (χ0v) is 13.2. The van der Waals surface area contributed by atoms with E-state index in [2.05, 4.69) is 20.4 Å². The molecule has 124 valence electrons. The molecule has 1 unspecified atom stereocenters. The minimum atomic E-state index is -2.31. The predicted molar refractivity (Wildman–Crippen MR) is 83.3 cm³/mol. The van der Waals surface area contributed by atoms with E-state index in [1.807, 2.05) is 24.8 Å². The fourth-order valence-corrected chi connectivity index (χ4v) is 2.87. The first-order valence-corrected chi connectivity index (χ1v) is 7.65. The molecule has 0 bridgehead atoms. The molecule has 0 aliphatic carbocycles. The van der Waals surface area contributed by atoms with Crippen molar-refractivity contribution < 1.29 is 8.78 Å². The summed E-state index contributed by atoms with van der Waals surface area (Å²) in [6.07, 6.45) is 0.863. The van der Waals surface area contributed by atoms with Crippen LogP contribution < -0.4 is 10.2 Å². The summed E-state index contributed by atoms with van der Waals surface area (Å²) >= 11 is 0. The number of hydrogen-bond acceptors (Lipinski definition) is 5. The van der Waals surface area contributed by atoms with Gasteiger partial charge in [0.05, 0.1) is 18.1 Å². The van der Waals surface area contributed by atoms with Gasteiger partial charge in [-0.3, -0.25) is 4.98 Å². The minimum absolute atomic E-state index is 0.152. The number of halogens is 2. The van der Waals surface area contributed by atoms with Gasteiger partial charge in [-0.25, -0.2) is 18.4 Å². The summed E-state index contributed by atoms with van der Waals surface area (Å²) in [6.45, 7) is 5.75. The molecule has 1 aliphatic rings. The van der Waals surface area contributed by atoms with Gasteiger partial charge in [0.1, 0.15) is 5.82 Å². The van der Waals surface area contributed by atoms with E-state index in [0.29, 0.717) is 24.7 Å². The molecular weight excluding hydrogens is 302 g/mol. The van der Waals surface area contributed by atoms with Crippen LogP contribution in [-0.2, 0) is 0 Å². The summed E-state index contributed by atoms with van der Waals surface area (Å²) in [5, 5.41) is 7.53. The van der Waals surface area contributed by atoms with Crippen molar-refractivity contribution in [3.8, 4) is 5.82 Å². The van der Waals surface area contributed by atoms with Crippen LogP contribution in [0.5, 0.6) is 0 Å². The van der Waals surface area contributed by atoms with E-state index < -0.39 is 6.43 Å². The molecule has 0 radical (unpaired) electrons. The molecule has 3 rings (SSSR count). The standard InChI is InChI=1S/C15H20F2N6/c1-10-5-11(2)23(21-10)15-8-18-7-14(20-15)22-4-3-19-12(9-22)6-13(16)17/h5,7-8,12-13,19H,3-4,6,9H2,1-2H3. The van der Waals surface area contributed by atoms with Gasteiger partial charge in [0.2, 0.25) is 6.43 Å². The van der Waals surface area contributed by atoms with Crippen LogP contribution in [0.2, 0.25) is 0 Å². The topological polar surface area (TPSA) is 58.9 Å². The number of aryl methyl sites for hydroxylation is 2. The lowest BCUT2D eigenvalue weighted by molar-refractivity contribution is 0.121. The van der Waals surface area contributed by atoms with Crippen molar-refractivity contribution in [2.75, 3.05) is 24.5 Å². The summed E-state index contributed by atoms with van der Waals surface area (Å²) < 4.78 is 26.9. The fourth-order valence-electron chi connectivity index (χ4n) is 2.87. The molecule has 3 heterocycles. The van der Waals surface area contributed by atoms with Crippen molar-refractivity contribution >= 4 is 5.82 Å². The summed E-state index contributed by atoms with van der Waals surface area (Å²) in [6, 6.07) is 1.74. The number of piperazine rings is 1. The van der Waals surface area contributed by atoms with Crippen LogP contribution in [0.15, 0.2) is 18.5 Å². The molecule has 1 aliphatic heterocycles. The second-order valence-corrected chi connectivity index (χ2v) is 5.80. The van der Waals surface area contributed by atoms with E-state index in [1.54, 1.807) is 17.1 Å². The molecule has 2 aromatic rings. The van der Waals surface area contributed by atoms with E-state index in [1.165, 1.54) is 0 Å². The molecule has 1 atom stereocenters. The lowest BCUT2D eigenvalue weighted by atomic mass is 10.1. The van der Waals surface area contributed by atoms with Crippen molar-refractivity contribution in [2.24, 2.45) is 0 Å². The first-order valence-electron chi connectivity index (χ1n) is 7.65. The average molecular weight is 322 g/mol. The number of alkyl halides is 2. The highest BCUT2D eigenvalue weighted by atomic mass is 19.3. The first-order chi connectivity index (χ1) is 11.0. The third-order valence-electron chi connectivity index (χ3n) is 3.88. The third-order valence-corrected chi connectivity index (χ3v) is 3.88. The van der Waals surface area contributed by atoms with Gasteiger partial charge in [0.15, 0.2) is 5.82 Å². The maximum Gasteiger partial charge on any atom is 0.240 e. The van der Waals surface area contributed by atoms with Gasteiger partial charge >= 0.3 is 0 Å². The van der Waals surface area contributed by atoms with Crippen LogP contribution in [0.1, 0.15) is 17.8 Å². The largest absolute Gasteiger partial charge is 0.352 e. The Morgan fingerprint density at radius 2 is 2.09 bits per heavy atom. The summed E-state index contributed by atoms with van der Waals surface area (Å²) in [5.41, 5.74) is 1.89. The Kier molecular flexibility index (Phi) is 4.51. The lowest BCUT2D eigenvalue weighted by Gasteiger charge is -2.34. The highest BCUT2D eigenvalue weighted by Gasteiger charge is 2.23.